The Labute approximate surface area is 205 Å². The van der Waals surface area contributed by atoms with Gasteiger partial charge in [-0.15, -0.1) is 4.83 Å². The van der Waals surface area contributed by atoms with Gasteiger partial charge in [-0.1, -0.05) is 54.6 Å². The summed E-state index contributed by atoms with van der Waals surface area (Å²) in [7, 11) is -3.96. The monoisotopic (exact) mass is 490 g/mol. The van der Waals surface area contributed by atoms with E-state index in [1.807, 2.05) is 54.7 Å². The molecule has 1 aromatic heterocycles. The topological polar surface area (TPSA) is 94.3 Å². The summed E-state index contributed by atoms with van der Waals surface area (Å²) in [6, 6.07) is 20.5. The zero-order valence-electron chi connectivity index (χ0n) is 19.5. The van der Waals surface area contributed by atoms with Crippen molar-refractivity contribution in [3.05, 3.63) is 78.5 Å². The van der Waals surface area contributed by atoms with E-state index in [-0.39, 0.29) is 23.1 Å². The molecule has 35 heavy (non-hydrogen) atoms. The second-order valence-corrected chi connectivity index (χ2v) is 10.8. The van der Waals surface area contributed by atoms with Crippen LogP contribution >= 0.6 is 0 Å². The van der Waals surface area contributed by atoms with Crippen LogP contribution in [-0.2, 0) is 21.2 Å². The Balaban J connectivity index is 1.38. The van der Waals surface area contributed by atoms with Crippen molar-refractivity contribution >= 4 is 37.6 Å². The van der Waals surface area contributed by atoms with Crippen molar-refractivity contribution in [3.63, 3.8) is 0 Å². The first kappa shape index (κ1) is 23.5. The van der Waals surface area contributed by atoms with Crippen LogP contribution < -0.4 is 10.1 Å². The molecule has 2 heterocycles. The maximum atomic E-state index is 13.5. The average Bonchev–Trinajstić information content (AvgIpc) is 3.30. The Morgan fingerprint density at radius 3 is 2.60 bits per heavy atom. The fourth-order valence-corrected chi connectivity index (χ4v) is 6.17. The summed E-state index contributed by atoms with van der Waals surface area (Å²) in [6.45, 7) is 2.05. The molecule has 0 radical (unpaired) electrons. The number of aromatic amines is 1. The number of sulfonamides is 1. The first-order valence-corrected chi connectivity index (χ1v) is 13.6. The summed E-state index contributed by atoms with van der Waals surface area (Å²) >= 11 is 0. The number of fused-ring (bicyclic) bond motifs is 2. The maximum absolute atomic E-state index is 13.5. The molecule has 3 N–H and O–H groups in total. The van der Waals surface area contributed by atoms with E-state index in [0.717, 1.165) is 47.8 Å². The van der Waals surface area contributed by atoms with Gasteiger partial charge in [0.25, 0.3) is 10.0 Å². The molecular weight excluding hydrogens is 460 g/mol. The van der Waals surface area contributed by atoms with Crippen molar-refractivity contribution in [2.45, 2.75) is 30.6 Å². The maximum Gasteiger partial charge on any atom is 0.258 e. The molecule has 0 spiro atoms. The van der Waals surface area contributed by atoms with Gasteiger partial charge in [-0.2, -0.15) is 0 Å². The zero-order chi connectivity index (χ0) is 24.3. The Kier molecular flexibility index (Phi) is 6.86. The average molecular weight is 491 g/mol. The van der Waals surface area contributed by atoms with Gasteiger partial charge in [-0.25, -0.2) is 8.42 Å². The number of carbonyl (C=O) groups is 1. The molecule has 0 saturated carbocycles. The minimum Gasteiger partial charge on any atom is -0.361 e. The van der Waals surface area contributed by atoms with E-state index >= 15 is 0 Å². The zero-order valence-corrected chi connectivity index (χ0v) is 20.4. The molecule has 182 valence electrons. The van der Waals surface area contributed by atoms with Gasteiger partial charge in [-0.3, -0.25) is 9.80 Å². The van der Waals surface area contributed by atoms with Crippen LogP contribution in [0.5, 0.6) is 0 Å². The van der Waals surface area contributed by atoms with Crippen molar-refractivity contribution in [1.29, 1.82) is 0 Å². The lowest BCUT2D eigenvalue weighted by molar-refractivity contribution is -0.133. The third kappa shape index (κ3) is 5.24. The number of hydrogen-bond acceptors (Lipinski definition) is 4. The Hall–Kier alpha value is -3.20. The largest absolute Gasteiger partial charge is 0.361 e. The molecule has 0 bridgehead atoms. The van der Waals surface area contributed by atoms with Crippen LogP contribution in [0, 0.1) is 5.92 Å². The van der Waals surface area contributed by atoms with E-state index in [0.29, 0.717) is 18.4 Å². The standard InChI is InChI=1S/C27H30N4O3S/c32-27(15-14-22-18-29-25-12-4-3-10-23(22)25)31(19-20-7-6-16-28-17-20)30-35(33,34)26-13-5-9-21-8-1-2-11-24(21)26/h1-5,8-13,18,20,28-30H,6-7,14-17,19H2/t20-/m1/s1. The van der Waals surface area contributed by atoms with Crippen LogP contribution in [0.25, 0.3) is 21.7 Å². The molecule has 8 heteroatoms. The van der Waals surface area contributed by atoms with Crippen molar-refractivity contribution in [1.82, 2.24) is 20.1 Å². The molecule has 5 rings (SSSR count). The lowest BCUT2D eigenvalue weighted by Gasteiger charge is -2.30. The quantitative estimate of drug-likeness (QED) is 0.326. The number of para-hydroxylation sites is 1. The molecule has 1 atom stereocenters. The molecule has 1 amide bonds. The number of carbonyl (C=O) groups excluding carboxylic acids is 1. The van der Waals surface area contributed by atoms with Crippen LogP contribution in [0.1, 0.15) is 24.8 Å². The van der Waals surface area contributed by atoms with E-state index in [1.54, 1.807) is 18.2 Å². The number of rotatable bonds is 8. The first-order valence-electron chi connectivity index (χ1n) is 12.1. The van der Waals surface area contributed by atoms with Gasteiger partial charge in [0.05, 0.1) is 4.90 Å². The molecule has 0 unspecified atom stereocenters. The second-order valence-electron chi connectivity index (χ2n) is 9.15. The molecule has 1 aliphatic rings. The van der Waals surface area contributed by atoms with Crippen LogP contribution in [-0.4, -0.2) is 44.0 Å². The molecule has 3 aromatic carbocycles. The molecular formula is C27H30N4O3S. The number of piperidine rings is 1. The summed E-state index contributed by atoms with van der Waals surface area (Å²) in [4.78, 5) is 19.4. The third-order valence-electron chi connectivity index (χ3n) is 6.69. The highest BCUT2D eigenvalue weighted by Crippen LogP contribution is 2.24. The summed E-state index contributed by atoms with van der Waals surface area (Å²) < 4.78 is 27.0. The number of aromatic nitrogens is 1. The molecule has 1 aliphatic heterocycles. The molecule has 7 nitrogen and oxygen atoms in total. The van der Waals surface area contributed by atoms with Gasteiger partial charge < -0.3 is 10.3 Å². The number of H-pyrrole nitrogens is 1. The highest BCUT2D eigenvalue weighted by molar-refractivity contribution is 7.89. The number of nitrogens with one attached hydrogen (secondary N) is 3. The van der Waals surface area contributed by atoms with Crippen LogP contribution in [0.2, 0.25) is 0 Å². The van der Waals surface area contributed by atoms with Crippen molar-refractivity contribution in [2.24, 2.45) is 5.92 Å². The summed E-state index contributed by atoms with van der Waals surface area (Å²) in [5.74, 6) is -0.0410. The predicted octanol–water partition coefficient (Wildman–Crippen LogP) is 3.98. The van der Waals surface area contributed by atoms with Crippen LogP contribution in [0.4, 0.5) is 0 Å². The number of hydrogen-bond donors (Lipinski definition) is 3. The molecule has 4 aromatic rings. The van der Waals surface area contributed by atoms with Gasteiger partial charge >= 0.3 is 0 Å². The van der Waals surface area contributed by atoms with Gasteiger partial charge in [0.2, 0.25) is 5.91 Å². The van der Waals surface area contributed by atoms with Crippen molar-refractivity contribution < 1.29 is 13.2 Å². The van der Waals surface area contributed by atoms with E-state index in [4.69, 9.17) is 0 Å². The van der Waals surface area contributed by atoms with Crippen molar-refractivity contribution in [2.75, 3.05) is 19.6 Å². The molecule has 0 aliphatic carbocycles. The van der Waals surface area contributed by atoms with E-state index in [1.165, 1.54) is 5.01 Å². The number of benzene rings is 3. The predicted molar refractivity (Wildman–Crippen MR) is 138 cm³/mol. The fraction of sp³-hybridized carbons (Fsp3) is 0.296. The molecule has 1 saturated heterocycles. The lowest BCUT2D eigenvalue weighted by Crippen LogP contribution is -2.50. The first-order chi connectivity index (χ1) is 17.0. The Bertz CT molecular complexity index is 1440. The smallest absolute Gasteiger partial charge is 0.258 e. The highest BCUT2D eigenvalue weighted by atomic mass is 32.2. The number of nitrogens with zero attached hydrogens (tertiary/aromatic N) is 1. The van der Waals surface area contributed by atoms with E-state index < -0.39 is 10.0 Å². The van der Waals surface area contributed by atoms with Crippen LogP contribution in [0.15, 0.2) is 77.8 Å². The van der Waals surface area contributed by atoms with E-state index in [2.05, 4.69) is 15.1 Å². The summed E-state index contributed by atoms with van der Waals surface area (Å²) in [5, 5.41) is 7.23. The van der Waals surface area contributed by atoms with Gasteiger partial charge in [0.15, 0.2) is 0 Å². The van der Waals surface area contributed by atoms with Crippen LogP contribution in [0.3, 0.4) is 0 Å². The summed E-state index contributed by atoms with van der Waals surface area (Å²) in [5.41, 5.74) is 2.07. The minimum atomic E-state index is -3.96. The highest BCUT2D eigenvalue weighted by Gasteiger charge is 2.27. The number of aryl methyl sites for hydroxylation is 1. The fourth-order valence-electron chi connectivity index (χ4n) is 4.87. The number of hydrazine groups is 1. The SMILES string of the molecule is O=C(CCc1c[nH]c2ccccc12)N(C[C@@H]1CCCNC1)NS(=O)(=O)c1cccc2ccccc12. The minimum absolute atomic E-state index is 0.173. The lowest BCUT2D eigenvalue weighted by atomic mass is 9.99. The normalized spacial score (nSPS) is 16.5. The summed E-state index contributed by atoms with van der Waals surface area (Å²) in [6.07, 6.45) is 4.62. The van der Waals surface area contributed by atoms with Crippen molar-refractivity contribution in [3.8, 4) is 0 Å². The van der Waals surface area contributed by atoms with Gasteiger partial charge in [-0.05, 0) is 61.4 Å². The number of amides is 1. The Morgan fingerprint density at radius 2 is 1.77 bits per heavy atom. The van der Waals surface area contributed by atoms with Gasteiger partial charge in [0, 0.05) is 35.5 Å². The Morgan fingerprint density at radius 1 is 1.00 bits per heavy atom. The van der Waals surface area contributed by atoms with E-state index in [9.17, 15) is 13.2 Å². The second kappa shape index (κ2) is 10.2. The third-order valence-corrected chi connectivity index (χ3v) is 8.09. The molecule has 1 fully saturated rings. The van der Waals surface area contributed by atoms with Gasteiger partial charge in [0.1, 0.15) is 0 Å².